The number of carbonyl (C=O) groups excluding carboxylic acids is 3. The number of benzene rings is 2. The van der Waals surface area contributed by atoms with Gasteiger partial charge in [0.1, 0.15) is 11.3 Å². The zero-order valence-corrected chi connectivity index (χ0v) is 14.9. The molecule has 3 aromatic rings. The molecule has 3 amide bonds. The maximum absolute atomic E-state index is 12.8. The van der Waals surface area contributed by atoms with E-state index in [1.54, 1.807) is 42.6 Å². The molecule has 3 N–H and O–H groups in total. The number of nitrogens with two attached hydrogens (primary N) is 1. The van der Waals surface area contributed by atoms with Crippen LogP contribution in [0.3, 0.4) is 0 Å². The lowest BCUT2D eigenvalue weighted by atomic mass is 10.0. The van der Waals surface area contributed by atoms with Crippen molar-refractivity contribution in [2.24, 2.45) is 5.73 Å². The Kier molecular flexibility index (Phi) is 5.21. The molecule has 0 radical (unpaired) electrons. The molecule has 3 rings (SSSR count). The van der Waals surface area contributed by atoms with Gasteiger partial charge in [-0.3, -0.25) is 14.9 Å². The number of primary amides is 1. The molecule has 0 aliphatic rings. The molecule has 8 heteroatoms. The van der Waals surface area contributed by atoms with Gasteiger partial charge in [0, 0.05) is 11.1 Å². The van der Waals surface area contributed by atoms with Crippen LogP contribution in [0, 0.1) is 6.92 Å². The minimum absolute atomic E-state index is 0.0151. The summed E-state index contributed by atoms with van der Waals surface area (Å²) in [7, 11) is 0. The molecule has 0 unspecified atom stereocenters. The summed E-state index contributed by atoms with van der Waals surface area (Å²) in [6.45, 7) is 0.937. The van der Waals surface area contributed by atoms with Crippen molar-refractivity contribution in [1.29, 1.82) is 0 Å². The maximum Gasteiger partial charge on any atom is 0.342 e. The van der Waals surface area contributed by atoms with Gasteiger partial charge >= 0.3 is 12.0 Å². The normalized spacial score (nSPS) is 10.5. The summed E-state index contributed by atoms with van der Waals surface area (Å²) < 4.78 is 10.8. The first kappa shape index (κ1) is 18.8. The topological polar surface area (TPSA) is 129 Å². The van der Waals surface area contributed by atoms with Crippen LogP contribution in [-0.4, -0.2) is 24.5 Å². The van der Waals surface area contributed by atoms with Gasteiger partial charge in [0.25, 0.3) is 5.91 Å². The Balaban J connectivity index is 2.03. The number of amides is 3. The van der Waals surface area contributed by atoms with Gasteiger partial charge in [0.05, 0.1) is 5.39 Å². The number of rotatable bonds is 4. The summed E-state index contributed by atoms with van der Waals surface area (Å²) in [6, 6.07) is 12.4. The monoisotopic (exact) mass is 380 g/mol. The van der Waals surface area contributed by atoms with Gasteiger partial charge in [0.2, 0.25) is 0 Å². The van der Waals surface area contributed by atoms with Crippen LogP contribution in [0.4, 0.5) is 4.79 Å². The first-order valence-corrected chi connectivity index (χ1v) is 8.26. The van der Waals surface area contributed by atoms with Gasteiger partial charge in [-0.15, -0.1) is 0 Å². The molecule has 142 valence electrons. The Morgan fingerprint density at radius 2 is 1.79 bits per heavy atom. The number of para-hydroxylation sites is 1. The van der Waals surface area contributed by atoms with Crippen molar-refractivity contribution in [3.8, 4) is 11.3 Å². The van der Waals surface area contributed by atoms with Crippen molar-refractivity contribution >= 4 is 28.9 Å². The second-order valence-electron chi connectivity index (χ2n) is 5.92. The number of esters is 1. The highest BCUT2D eigenvalue weighted by molar-refractivity contribution is 6.03. The van der Waals surface area contributed by atoms with Crippen LogP contribution in [0.25, 0.3) is 22.3 Å². The molecule has 0 aliphatic heterocycles. The van der Waals surface area contributed by atoms with Gasteiger partial charge in [-0.05, 0) is 19.1 Å². The number of nitrogens with one attached hydrogen (secondary N) is 1. The summed E-state index contributed by atoms with van der Waals surface area (Å²) in [6.07, 6.45) is 0. The van der Waals surface area contributed by atoms with Crippen LogP contribution in [0.1, 0.15) is 15.9 Å². The maximum atomic E-state index is 12.8. The van der Waals surface area contributed by atoms with E-state index in [1.165, 1.54) is 12.1 Å². The first-order valence-electron chi connectivity index (χ1n) is 8.26. The van der Waals surface area contributed by atoms with Crippen molar-refractivity contribution in [2.45, 2.75) is 6.92 Å². The van der Waals surface area contributed by atoms with E-state index in [-0.39, 0.29) is 22.0 Å². The molecule has 0 saturated carbocycles. The highest BCUT2D eigenvalue weighted by Crippen LogP contribution is 2.27. The van der Waals surface area contributed by atoms with E-state index >= 15 is 0 Å². The SMILES string of the molecule is Cc1c(-c2ccccc2)oc2c(C(=O)OCC(=O)NC(N)=O)cccc2c1=O. The van der Waals surface area contributed by atoms with Gasteiger partial charge in [-0.2, -0.15) is 0 Å². The highest BCUT2D eigenvalue weighted by atomic mass is 16.5. The predicted octanol–water partition coefficient (Wildman–Crippen LogP) is 2.12. The summed E-state index contributed by atoms with van der Waals surface area (Å²) >= 11 is 0. The third-order valence-electron chi connectivity index (χ3n) is 4.00. The van der Waals surface area contributed by atoms with Gasteiger partial charge < -0.3 is 14.9 Å². The molecule has 0 bridgehead atoms. The zero-order chi connectivity index (χ0) is 20.3. The molecule has 0 spiro atoms. The van der Waals surface area contributed by atoms with Crippen LogP contribution in [0.2, 0.25) is 0 Å². The Labute approximate surface area is 158 Å². The van der Waals surface area contributed by atoms with Gasteiger partial charge in [-0.1, -0.05) is 36.4 Å². The average molecular weight is 380 g/mol. The number of hydrogen-bond acceptors (Lipinski definition) is 6. The first-order chi connectivity index (χ1) is 13.4. The standard InChI is InChI=1S/C20H16N2O6/c1-11-16(24)13-8-5-9-14(19(25)27-10-15(23)22-20(21)26)18(13)28-17(11)12-6-3-2-4-7-12/h2-9H,10H2,1H3,(H3,21,22,23,26). The van der Waals surface area contributed by atoms with Crippen LogP contribution < -0.4 is 16.5 Å². The van der Waals surface area contributed by atoms with Crippen molar-refractivity contribution in [3.63, 3.8) is 0 Å². The van der Waals surface area contributed by atoms with Gasteiger partial charge in [-0.25, -0.2) is 9.59 Å². The van der Waals surface area contributed by atoms with E-state index in [4.69, 9.17) is 14.9 Å². The van der Waals surface area contributed by atoms with Crippen molar-refractivity contribution in [3.05, 3.63) is 69.9 Å². The Morgan fingerprint density at radius 3 is 2.46 bits per heavy atom. The molecule has 1 aromatic heterocycles. The highest BCUT2D eigenvalue weighted by Gasteiger charge is 2.20. The molecule has 1 heterocycles. The molecule has 0 aliphatic carbocycles. The molecular weight excluding hydrogens is 364 g/mol. The average Bonchev–Trinajstić information content (AvgIpc) is 2.68. The molecule has 28 heavy (non-hydrogen) atoms. The Hall–Kier alpha value is -3.94. The van der Waals surface area contributed by atoms with E-state index < -0.39 is 24.5 Å². The molecule has 0 saturated heterocycles. The second kappa shape index (κ2) is 7.75. The summed E-state index contributed by atoms with van der Waals surface area (Å²) in [5.41, 5.74) is 5.68. The molecule has 2 aromatic carbocycles. The van der Waals surface area contributed by atoms with E-state index in [0.29, 0.717) is 16.9 Å². The molecule has 0 atom stereocenters. The quantitative estimate of drug-likeness (QED) is 0.667. The summed E-state index contributed by atoms with van der Waals surface area (Å²) in [4.78, 5) is 47.2. The number of ether oxygens (including phenoxy) is 1. The number of hydrogen-bond donors (Lipinski definition) is 2. The van der Waals surface area contributed by atoms with E-state index in [1.807, 2.05) is 6.07 Å². The van der Waals surface area contributed by atoms with Gasteiger partial charge in [0.15, 0.2) is 17.6 Å². The van der Waals surface area contributed by atoms with Crippen LogP contribution in [0.15, 0.2) is 57.7 Å². The second-order valence-corrected chi connectivity index (χ2v) is 5.92. The van der Waals surface area contributed by atoms with Crippen LogP contribution in [0.5, 0.6) is 0 Å². The Morgan fingerprint density at radius 1 is 1.07 bits per heavy atom. The van der Waals surface area contributed by atoms with E-state index in [9.17, 15) is 19.2 Å². The molecule has 0 fully saturated rings. The van der Waals surface area contributed by atoms with E-state index in [2.05, 4.69) is 0 Å². The molecule has 8 nitrogen and oxygen atoms in total. The van der Waals surface area contributed by atoms with Crippen molar-refractivity contribution < 1.29 is 23.5 Å². The van der Waals surface area contributed by atoms with Crippen LogP contribution >= 0.6 is 0 Å². The Bertz CT molecular complexity index is 1130. The lowest BCUT2D eigenvalue weighted by Gasteiger charge is -2.10. The predicted molar refractivity (Wildman–Crippen MR) is 101 cm³/mol. The number of urea groups is 1. The summed E-state index contributed by atoms with van der Waals surface area (Å²) in [5.74, 6) is -1.41. The fourth-order valence-corrected chi connectivity index (χ4v) is 2.72. The lowest BCUT2D eigenvalue weighted by molar-refractivity contribution is -0.123. The fourth-order valence-electron chi connectivity index (χ4n) is 2.72. The third kappa shape index (κ3) is 3.75. The third-order valence-corrected chi connectivity index (χ3v) is 4.00. The van der Waals surface area contributed by atoms with E-state index in [0.717, 1.165) is 0 Å². The molecular formula is C20H16N2O6. The number of fused-ring (bicyclic) bond motifs is 1. The fraction of sp³-hybridized carbons (Fsp3) is 0.100. The summed E-state index contributed by atoms with van der Waals surface area (Å²) in [5, 5.41) is 2.00. The van der Waals surface area contributed by atoms with Crippen molar-refractivity contribution in [2.75, 3.05) is 6.61 Å². The number of imide groups is 1. The zero-order valence-electron chi connectivity index (χ0n) is 14.9. The number of carbonyl (C=O) groups is 3. The van der Waals surface area contributed by atoms with Crippen molar-refractivity contribution in [1.82, 2.24) is 5.32 Å². The minimum atomic E-state index is -1.06. The smallest absolute Gasteiger partial charge is 0.342 e. The minimum Gasteiger partial charge on any atom is -0.455 e. The van der Waals surface area contributed by atoms with Crippen LogP contribution in [-0.2, 0) is 9.53 Å². The largest absolute Gasteiger partial charge is 0.455 e. The lowest BCUT2D eigenvalue weighted by Crippen LogP contribution is -2.37.